The molecule has 1 aliphatic heterocycles. The number of ether oxygens (including phenoxy) is 1. The second kappa shape index (κ2) is 14.7. The monoisotopic (exact) mass is 557 g/mol. The molecule has 8 nitrogen and oxygen atoms in total. The number of nitrogens with zero attached hydrogens (tertiary/aromatic N) is 2. The summed E-state index contributed by atoms with van der Waals surface area (Å²) in [7, 11) is 0. The number of halogens is 2. The summed E-state index contributed by atoms with van der Waals surface area (Å²) in [6.07, 6.45) is 8.93. The summed E-state index contributed by atoms with van der Waals surface area (Å²) in [6, 6.07) is 10.6. The first kappa shape index (κ1) is 29.4. The number of aromatic nitrogens is 2. The van der Waals surface area contributed by atoms with Crippen LogP contribution in [0.15, 0.2) is 65.7 Å². The van der Waals surface area contributed by atoms with Crippen LogP contribution >= 0.6 is 23.2 Å². The van der Waals surface area contributed by atoms with Gasteiger partial charge in [-0.1, -0.05) is 53.6 Å². The lowest BCUT2D eigenvalue weighted by atomic mass is 10.00. The number of allylic oxidation sites excluding steroid dienone is 2. The number of aliphatic hydroxyl groups excluding tert-OH is 1. The minimum atomic E-state index is -0.402. The van der Waals surface area contributed by atoms with E-state index in [1.54, 1.807) is 24.4 Å². The van der Waals surface area contributed by atoms with Gasteiger partial charge in [-0.15, -0.1) is 0 Å². The standard InChI is InChI=1S/C24H25Cl2N5O3.C4H8/c25-18-4-2-1-3-15(18)11-28-20-5-7-31(24(33)17(20)10-27)22-9-23(29-12-19(22)26)30-21(13-32)16-6-8-34-14-16;1-3-4-2/h1-5,7,9-10,12,16,21,27-28,32H,6,8,11,13-14H2,(H,29,30);3-4H,1-2H3/b;4-3-. The van der Waals surface area contributed by atoms with Gasteiger partial charge in [0.1, 0.15) is 5.82 Å². The summed E-state index contributed by atoms with van der Waals surface area (Å²) in [5.41, 5.74) is 1.60. The van der Waals surface area contributed by atoms with Gasteiger partial charge in [0.05, 0.1) is 47.4 Å². The minimum Gasteiger partial charge on any atom is -0.394 e. The highest BCUT2D eigenvalue weighted by Gasteiger charge is 2.25. The van der Waals surface area contributed by atoms with Gasteiger partial charge >= 0.3 is 0 Å². The van der Waals surface area contributed by atoms with E-state index in [9.17, 15) is 9.90 Å². The van der Waals surface area contributed by atoms with Gasteiger partial charge in [0.25, 0.3) is 5.56 Å². The summed E-state index contributed by atoms with van der Waals surface area (Å²) < 4.78 is 6.80. The molecule has 2 aromatic heterocycles. The van der Waals surface area contributed by atoms with E-state index in [4.69, 9.17) is 33.3 Å². The normalized spacial score (nSPS) is 15.6. The van der Waals surface area contributed by atoms with Crippen molar-refractivity contribution in [2.45, 2.75) is 32.9 Å². The predicted molar refractivity (Wildman–Crippen MR) is 155 cm³/mol. The number of aliphatic hydroxyl groups is 1. The summed E-state index contributed by atoms with van der Waals surface area (Å²) in [5.74, 6) is 0.649. The van der Waals surface area contributed by atoms with E-state index in [2.05, 4.69) is 15.6 Å². The Morgan fingerprint density at radius 3 is 2.63 bits per heavy atom. The average molecular weight is 559 g/mol. The van der Waals surface area contributed by atoms with Crippen LogP contribution in [0, 0.1) is 11.3 Å². The fourth-order valence-corrected chi connectivity index (χ4v) is 4.33. The van der Waals surface area contributed by atoms with E-state index in [1.807, 2.05) is 44.2 Å². The lowest BCUT2D eigenvalue weighted by Crippen LogP contribution is -2.33. The third kappa shape index (κ3) is 7.45. The average Bonchev–Trinajstić information content (AvgIpc) is 3.47. The molecule has 0 saturated carbocycles. The molecule has 1 saturated heterocycles. The molecular formula is C28H33Cl2N5O3. The van der Waals surface area contributed by atoms with Crippen molar-refractivity contribution in [3.8, 4) is 5.69 Å². The van der Waals surface area contributed by atoms with Crippen molar-refractivity contribution in [3.63, 3.8) is 0 Å². The SMILES string of the molecule is C/C=C\C.N=Cc1c(NCc2ccccc2Cl)ccn(-c2cc(NC(CO)C3CCOC3)ncc2Cl)c1=O. The molecular weight excluding hydrogens is 525 g/mol. The minimum absolute atomic E-state index is 0.0721. The van der Waals surface area contributed by atoms with Gasteiger partial charge in [-0.05, 0) is 38.0 Å². The smallest absolute Gasteiger partial charge is 0.266 e. The van der Waals surface area contributed by atoms with Crippen molar-refractivity contribution < 1.29 is 9.84 Å². The molecule has 38 heavy (non-hydrogen) atoms. The zero-order valence-electron chi connectivity index (χ0n) is 21.5. The van der Waals surface area contributed by atoms with Gasteiger partial charge in [-0.2, -0.15) is 0 Å². The first-order valence-corrected chi connectivity index (χ1v) is 13.1. The topological polar surface area (TPSA) is 112 Å². The van der Waals surface area contributed by atoms with Gasteiger partial charge in [-0.3, -0.25) is 9.36 Å². The molecule has 1 aliphatic rings. The second-order valence-corrected chi connectivity index (χ2v) is 9.47. The van der Waals surface area contributed by atoms with E-state index in [0.717, 1.165) is 18.2 Å². The first-order valence-electron chi connectivity index (χ1n) is 12.3. The zero-order chi connectivity index (χ0) is 27.5. The van der Waals surface area contributed by atoms with Crippen LogP contribution in [0.1, 0.15) is 31.4 Å². The Morgan fingerprint density at radius 1 is 1.24 bits per heavy atom. The van der Waals surface area contributed by atoms with Gasteiger partial charge in [-0.25, -0.2) is 4.98 Å². The molecule has 0 amide bonds. The van der Waals surface area contributed by atoms with Gasteiger partial charge in [0.2, 0.25) is 0 Å². The van der Waals surface area contributed by atoms with Crippen LogP contribution in [0.5, 0.6) is 0 Å². The van der Waals surface area contributed by atoms with Crippen molar-refractivity contribution in [1.29, 1.82) is 5.41 Å². The molecule has 0 radical (unpaired) electrons. The van der Waals surface area contributed by atoms with Crippen LogP contribution in [-0.4, -0.2) is 46.7 Å². The van der Waals surface area contributed by atoms with Crippen molar-refractivity contribution in [2.24, 2.45) is 5.92 Å². The summed E-state index contributed by atoms with van der Waals surface area (Å²) in [4.78, 5) is 17.5. The number of anilines is 2. The largest absolute Gasteiger partial charge is 0.394 e. The molecule has 0 spiro atoms. The quantitative estimate of drug-likeness (QED) is 0.203. The van der Waals surface area contributed by atoms with E-state index in [1.165, 1.54) is 10.8 Å². The van der Waals surface area contributed by atoms with Crippen LogP contribution in [0.2, 0.25) is 10.0 Å². The van der Waals surface area contributed by atoms with E-state index in [0.29, 0.717) is 42.0 Å². The molecule has 2 atom stereocenters. The zero-order valence-corrected chi connectivity index (χ0v) is 23.0. The molecule has 4 rings (SSSR count). The molecule has 0 bridgehead atoms. The fourth-order valence-electron chi connectivity index (χ4n) is 3.93. The molecule has 1 aromatic carbocycles. The number of hydrogen-bond donors (Lipinski definition) is 4. The maximum absolute atomic E-state index is 13.2. The van der Waals surface area contributed by atoms with Gasteiger partial charge in [0, 0.05) is 42.6 Å². The molecule has 3 aromatic rings. The van der Waals surface area contributed by atoms with Crippen LogP contribution in [0.25, 0.3) is 5.69 Å². The van der Waals surface area contributed by atoms with E-state index in [-0.39, 0.29) is 29.2 Å². The molecule has 202 valence electrons. The maximum Gasteiger partial charge on any atom is 0.266 e. The Morgan fingerprint density at radius 2 is 2.00 bits per heavy atom. The van der Waals surface area contributed by atoms with E-state index >= 15 is 0 Å². The highest BCUT2D eigenvalue weighted by molar-refractivity contribution is 6.32. The third-order valence-corrected chi connectivity index (χ3v) is 6.85. The Labute approximate surface area is 232 Å². The highest BCUT2D eigenvalue weighted by atomic mass is 35.5. The number of hydrogen-bond acceptors (Lipinski definition) is 7. The Hall–Kier alpha value is -3.17. The first-order chi connectivity index (χ1) is 18.4. The predicted octanol–water partition coefficient (Wildman–Crippen LogP) is 5.54. The number of pyridine rings is 2. The third-order valence-electron chi connectivity index (χ3n) is 6.19. The van der Waals surface area contributed by atoms with Crippen LogP contribution < -0.4 is 16.2 Å². The second-order valence-electron chi connectivity index (χ2n) is 8.65. The fraction of sp³-hybridized carbons (Fsp3) is 0.321. The molecule has 2 unspecified atom stereocenters. The summed E-state index contributed by atoms with van der Waals surface area (Å²) >= 11 is 12.6. The Bertz CT molecular complexity index is 1300. The van der Waals surface area contributed by atoms with Crippen molar-refractivity contribution >= 4 is 40.9 Å². The number of benzene rings is 1. The molecule has 10 heteroatoms. The molecule has 0 aliphatic carbocycles. The molecule has 1 fully saturated rings. The van der Waals surface area contributed by atoms with Crippen LogP contribution in [-0.2, 0) is 11.3 Å². The lowest BCUT2D eigenvalue weighted by molar-refractivity contribution is 0.169. The molecule has 3 heterocycles. The summed E-state index contributed by atoms with van der Waals surface area (Å²) in [5, 5.41) is 24.9. The van der Waals surface area contributed by atoms with Crippen molar-refractivity contribution in [1.82, 2.24) is 9.55 Å². The number of rotatable bonds is 9. The number of nitrogens with one attached hydrogen (secondary N) is 3. The molecule has 4 N–H and O–H groups in total. The van der Waals surface area contributed by atoms with Crippen LogP contribution in [0.4, 0.5) is 11.5 Å². The van der Waals surface area contributed by atoms with Crippen molar-refractivity contribution in [2.75, 3.05) is 30.5 Å². The Balaban J connectivity index is 0.000000934. The van der Waals surface area contributed by atoms with Crippen LogP contribution in [0.3, 0.4) is 0 Å². The van der Waals surface area contributed by atoms with Gasteiger partial charge in [0.15, 0.2) is 0 Å². The van der Waals surface area contributed by atoms with E-state index < -0.39 is 5.56 Å². The van der Waals surface area contributed by atoms with Gasteiger partial charge < -0.3 is 25.9 Å². The lowest BCUT2D eigenvalue weighted by Gasteiger charge is -2.22. The maximum atomic E-state index is 13.2. The summed E-state index contributed by atoms with van der Waals surface area (Å²) in [6.45, 7) is 5.57. The highest BCUT2D eigenvalue weighted by Crippen LogP contribution is 2.25. The Kier molecular flexibility index (Phi) is 11.4. The van der Waals surface area contributed by atoms with Crippen molar-refractivity contribution in [3.05, 3.63) is 92.5 Å².